The van der Waals surface area contributed by atoms with Crippen molar-refractivity contribution >= 4 is 40.7 Å². The molecule has 0 atom stereocenters. The van der Waals surface area contributed by atoms with Gasteiger partial charge in [0.15, 0.2) is 5.69 Å². The quantitative estimate of drug-likeness (QED) is 0.285. The topological polar surface area (TPSA) is 141 Å². The van der Waals surface area contributed by atoms with Gasteiger partial charge in [0.05, 0.1) is 22.6 Å². The van der Waals surface area contributed by atoms with E-state index in [0.717, 1.165) is 12.1 Å². The van der Waals surface area contributed by atoms with Gasteiger partial charge in [0.1, 0.15) is 17.1 Å². The lowest BCUT2D eigenvalue weighted by Crippen LogP contribution is -2.39. The van der Waals surface area contributed by atoms with Gasteiger partial charge in [0.25, 0.3) is 5.69 Å². The molecule has 0 saturated heterocycles. The van der Waals surface area contributed by atoms with Crippen LogP contribution in [0.1, 0.15) is 49.6 Å². The first-order chi connectivity index (χ1) is 16.4. The Balaban J connectivity index is 2.05. The molecule has 0 spiro atoms. The molecule has 1 N–H and O–H groups in total. The molecule has 0 aliphatic carbocycles. The Hall–Kier alpha value is -3.61. The summed E-state index contributed by atoms with van der Waals surface area (Å²) in [6.45, 7) is 7.12. The van der Waals surface area contributed by atoms with Crippen LogP contribution >= 0.6 is 11.3 Å². The number of ether oxygens (including phenoxy) is 2. The maximum atomic E-state index is 13.3. The van der Waals surface area contributed by atoms with Gasteiger partial charge in [-0.3, -0.25) is 14.9 Å². The number of carbonyl (C=O) groups excluding carboxylic acids is 3. The maximum Gasteiger partial charge on any atom is 0.410 e. The minimum atomic E-state index is -0.806. The molecule has 2 rings (SSSR count). The highest BCUT2D eigenvalue weighted by Crippen LogP contribution is 2.25. The number of thiazole rings is 1. The molecule has 0 saturated carbocycles. The van der Waals surface area contributed by atoms with Gasteiger partial charge in [-0.15, -0.1) is 11.3 Å². The van der Waals surface area contributed by atoms with E-state index in [1.165, 1.54) is 16.2 Å². The molecule has 0 unspecified atom stereocenters. The summed E-state index contributed by atoms with van der Waals surface area (Å²) in [5, 5.41) is 15.7. The Morgan fingerprint density at radius 2 is 1.97 bits per heavy atom. The maximum absolute atomic E-state index is 13.3. The second-order valence-corrected chi connectivity index (χ2v) is 9.22. The van der Waals surface area contributed by atoms with Gasteiger partial charge in [0.2, 0.25) is 5.91 Å². The van der Waals surface area contributed by atoms with Crippen molar-refractivity contribution in [3.05, 3.63) is 50.2 Å². The van der Waals surface area contributed by atoms with Gasteiger partial charge in [-0.1, -0.05) is 0 Å². The van der Waals surface area contributed by atoms with Crippen LogP contribution in [-0.4, -0.2) is 58.1 Å². The van der Waals surface area contributed by atoms with Crippen molar-refractivity contribution in [1.29, 1.82) is 0 Å². The standard InChI is InChI=1S/C22H27FN4O7S/c1-5-33-20(29)16-13-35-19(25-16)9-11-26(21(30)34-22(2,3)4)10-8-18(28)24-15-7-6-14(23)12-17(15)27(31)32/h6-7,12-13H,5,8-11H2,1-4H3,(H,24,28). The summed E-state index contributed by atoms with van der Waals surface area (Å²) < 4.78 is 23.7. The SMILES string of the molecule is CCOC(=O)c1csc(CCN(CCC(=O)Nc2ccc(F)cc2[N+](=O)[O-])C(=O)OC(C)(C)C)n1. The number of halogens is 1. The van der Waals surface area contributed by atoms with E-state index in [-0.39, 0.29) is 37.5 Å². The second-order valence-electron chi connectivity index (χ2n) is 8.28. The molecule has 0 bridgehead atoms. The van der Waals surface area contributed by atoms with Crippen molar-refractivity contribution in [3.63, 3.8) is 0 Å². The number of benzene rings is 1. The van der Waals surface area contributed by atoms with Gasteiger partial charge >= 0.3 is 12.1 Å². The molecule has 1 aromatic heterocycles. The largest absolute Gasteiger partial charge is 0.461 e. The van der Waals surface area contributed by atoms with Crippen molar-refractivity contribution in [1.82, 2.24) is 9.88 Å². The monoisotopic (exact) mass is 510 g/mol. The third-order valence-corrected chi connectivity index (χ3v) is 5.23. The molecule has 11 nitrogen and oxygen atoms in total. The van der Waals surface area contributed by atoms with Gasteiger partial charge in [-0.05, 0) is 39.8 Å². The van der Waals surface area contributed by atoms with Crippen LogP contribution < -0.4 is 5.32 Å². The highest BCUT2D eigenvalue weighted by molar-refractivity contribution is 7.09. The summed E-state index contributed by atoms with van der Waals surface area (Å²) >= 11 is 1.24. The Morgan fingerprint density at radius 1 is 1.26 bits per heavy atom. The molecule has 13 heteroatoms. The molecule has 2 aromatic rings. The average Bonchev–Trinajstić information content (AvgIpc) is 3.23. The van der Waals surface area contributed by atoms with Gasteiger partial charge in [0, 0.05) is 31.3 Å². The summed E-state index contributed by atoms with van der Waals surface area (Å²) in [5.41, 5.74) is -1.33. The molecule has 1 heterocycles. The number of hydrogen-bond donors (Lipinski definition) is 1. The predicted molar refractivity (Wildman–Crippen MR) is 126 cm³/mol. The van der Waals surface area contributed by atoms with E-state index in [2.05, 4.69) is 10.3 Å². The van der Waals surface area contributed by atoms with Crippen molar-refractivity contribution in [2.45, 2.75) is 46.1 Å². The predicted octanol–water partition coefficient (Wildman–Crippen LogP) is 4.18. The smallest absolute Gasteiger partial charge is 0.410 e. The zero-order chi connectivity index (χ0) is 26.2. The Morgan fingerprint density at radius 3 is 2.60 bits per heavy atom. The number of esters is 1. The third kappa shape index (κ3) is 8.92. The Labute approximate surface area is 205 Å². The number of nitro benzene ring substituents is 1. The normalized spacial score (nSPS) is 11.0. The molecule has 1 aromatic carbocycles. The first kappa shape index (κ1) is 27.6. The van der Waals surface area contributed by atoms with Crippen LogP contribution in [0.4, 0.5) is 20.6 Å². The fourth-order valence-corrected chi connectivity index (χ4v) is 3.54. The molecule has 2 amide bonds. The van der Waals surface area contributed by atoms with Crippen LogP contribution in [0.25, 0.3) is 0 Å². The molecule has 35 heavy (non-hydrogen) atoms. The second kappa shape index (κ2) is 12.2. The van der Waals surface area contributed by atoms with Gasteiger partial charge in [-0.2, -0.15) is 0 Å². The number of hydrogen-bond acceptors (Lipinski definition) is 9. The lowest BCUT2D eigenvalue weighted by molar-refractivity contribution is -0.384. The molecule has 0 fully saturated rings. The van der Waals surface area contributed by atoms with Crippen LogP contribution in [0, 0.1) is 15.9 Å². The fraction of sp³-hybridized carbons (Fsp3) is 0.455. The Bertz CT molecular complexity index is 1080. The number of nitrogens with one attached hydrogen (secondary N) is 1. The summed E-state index contributed by atoms with van der Waals surface area (Å²) in [5.74, 6) is -1.95. The number of rotatable bonds is 10. The number of carbonyl (C=O) groups is 3. The minimum Gasteiger partial charge on any atom is -0.461 e. The molecular weight excluding hydrogens is 483 g/mol. The van der Waals surface area contributed by atoms with Crippen molar-refractivity contribution in [2.24, 2.45) is 0 Å². The summed E-state index contributed by atoms with van der Waals surface area (Å²) in [6.07, 6.45) is -0.547. The lowest BCUT2D eigenvalue weighted by Gasteiger charge is -2.27. The van der Waals surface area contributed by atoms with E-state index in [4.69, 9.17) is 9.47 Å². The minimum absolute atomic E-state index is 0.0498. The average molecular weight is 511 g/mol. The number of aromatic nitrogens is 1. The van der Waals surface area contributed by atoms with Crippen LogP contribution in [0.3, 0.4) is 0 Å². The van der Waals surface area contributed by atoms with Gasteiger partial charge < -0.3 is 19.7 Å². The highest BCUT2D eigenvalue weighted by atomic mass is 32.1. The van der Waals surface area contributed by atoms with Crippen LogP contribution in [0.5, 0.6) is 0 Å². The van der Waals surface area contributed by atoms with E-state index < -0.39 is 40.0 Å². The zero-order valence-corrected chi connectivity index (χ0v) is 20.6. The van der Waals surface area contributed by atoms with E-state index in [0.29, 0.717) is 17.5 Å². The molecule has 190 valence electrons. The van der Waals surface area contributed by atoms with Crippen LogP contribution in [0.15, 0.2) is 23.6 Å². The van der Waals surface area contributed by atoms with Gasteiger partial charge in [-0.25, -0.2) is 19.0 Å². The first-order valence-corrected chi connectivity index (χ1v) is 11.6. The van der Waals surface area contributed by atoms with E-state index in [1.807, 2.05) is 0 Å². The van der Waals surface area contributed by atoms with E-state index in [9.17, 15) is 28.9 Å². The van der Waals surface area contributed by atoms with E-state index >= 15 is 0 Å². The summed E-state index contributed by atoms with van der Waals surface area (Å²) in [6, 6.07) is 2.80. The number of nitro groups is 1. The van der Waals surface area contributed by atoms with Crippen molar-refractivity contribution in [3.8, 4) is 0 Å². The van der Waals surface area contributed by atoms with Crippen LogP contribution in [0.2, 0.25) is 0 Å². The summed E-state index contributed by atoms with van der Waals surface area (Å²) in [4.78, 5) is 52.8. The Kier molecular flexibility index (Phi) is 9.63. The van der Waals surface area contributed by atoms with Crippen LogP contribution in [-0.2, 0) is 20.7 Å². The first-order valence-electron chi connectivity index (χ1n) is 10.7. The molecular formula is C22H27FN4O7S. The number of amides is 2. The van der Waals surface area contributed by atoms with Crippen molar-refractivity contribution in [2.75, 3.05) is 25.0 Å². The zero-order valence-electron chi connectivity index (χ0n) is 19.8. The highest BCUT2D eigenvalue weighted by Gasteiger charge is 2.24. The number of nitrogens with zero attached hydrogens (tertiary/aromatic N) is 3. The third-order valence-electron chi connectivity index (χ3n) is 4.32. The van der Waals surface area contributed by atoms with Crippen molar-refractivity contribution < 1.29 is 33.2 Å². The summed E-state index contributed by atoms with van der Waals surface area (Å²) in [7, 11) is 0. The molecule has 0 radical (unpaired) electrons. The van der Waals surface area contributed by atoms with E-state index in [1.54, 1.807) is 33.1 Å². The lowest BCUT2D eigenvalue weighted by atomic mass is 10.2. The molecule has 0 aliphatic heterocycles. The number of anilines is 1. The molecule has 0 aliphatic rings. The fourth-order valence-electron chi connectivity index (χ4n) is 2.79.